The van der Waals surface area contributed by atoms with Crippen molar-refractivity contribution < 1.29 is 4.79 Å². The first kappa shape index (κ1) is 22.4. The molecule has 2 bridgehead atoms. The van der Waals surface area contributed by atoms with Gasteiger partial charge in [-0.15, -0.1) is 0 Å². The van der Waals surface area contributed by atoms with Crippen LogP contribution in [0.2, 0.25) is 0 Å². The smallest absolute Gasteiger partial charge is 0.270 e. The number of nitrogens with zero attached hydrogens (tertiary/aromatic N) is 7. The largest absolute Gasteiger partial charge is 0.343 e. The van der Waals surface area contributed by atoms with E-state index in [9.17, 15) is 4.79 Å². The lowest BCUT2D eigenvalue weighted by Crippen LogP contribution is -2.60. The lowest BCUT2D eigenvalue weighted by molar-refractivity contribution is -0.0870. The maximum absolute atomic E-state index is 12.9. The average molecular weight is 475 g/mol. The van der Waals surface area contributed by atoms with Gasteiger partial charge in [0.25, 0.3) is 5.91 Å². The van der Waals surface area contributed by atoms with Gasteiger partial charge in [0.1, 0.15) is 17.2 Å². The first-order chi connectivity index (χ1) is 16.9. The summed E-state index contributed by atoms with van der Waals surface area (Å²) in [6, 6.07) is 6.06. The normalized spacial score (nSPS) is 24.1. The molecular formula is C26H34N8O. The van der Waals surface area contributed by atoms with Crippen LogP contribution < -0.4 is 5.32 Å². The fourth-order valence-electron chi connectivity index (χ4n) is 5.85. The van der Waals surface area contributed by atoms with Crippen LogP contribution in [0, 0.1) is 5.92 Å². The van der Waals surface area contributed by atoms with E-state index in [1.165, 1.54) is 5.56 Å². The Labute approximate surface area is 206 Å². The second-order valence-electron chi connectivity index (χ2n) is 10.6. The Hall–Kier alpha value is -3.04. The van der Waals surface area contributed by atoms with Gasteiger partial charge in [0.05, 0.1) is 0 Å². The first-order valence-electron chi connectivity index (χ1n) is 12.7. The zero-order chi connectivity index (χ0) is 24.2. The third-order valence-electron chi connectivity index (χ3n) is 8.03. The molecule has 3 aromatic heterocycles. The van der Waals surface area contributed by atoms with Crippen LogP contribution in [-0.4, -0.2) is 86.9 Å². The number of anilines is 2. The van der Waals surface area contributed by atoms with Gasteiger partial charge in [-0.05, 0) is 49.4 Å². The fraction of sp³-hybridized carbons (Fsp3) is 0.538. The number of amides is 1. The molecule has 9 heteroatoms. The second kappa shape index (κ2) is 8.57. The van der Waals surface area contributed by atoms with E-state index >= 15 is 0 Å². The highest BCUT2D eigenvalue weighted by Gasteiger charge is 2.59. The summed E-state index contributed by atoms with van der Waals surface area (Å²) in [4.78, 5) is 33.5. The van der Waals surface area contributed by atoms with Gasteiger partial charge >= 0.3 is 0 Å². The fourth-order valence-corrected chi connectivity index (χ4v) is 5.85. The van der Waals surface area contributed by atoms with Gasteiger partial charge in [-0.1, -0.05) is 13.0 Å². The number of aromatic nitrogens is 4. The third kappa shape index (κ3) is 3.96. The minimum absolute atomic E-state index is 0.00981. The Morgan fingerprint density at radius 3 is 2.43 bits per heavy atom. The number of likely N-dealkylation sites (N-methyl/N-ethyl adjacent to an activating group) is 1. The number of rotatable bonds is 7. The minimum Gasteiger partial charge on any atom is -0.343 e. The highest BCUT2D eigenvalue weighted by atomic mass is 16.2. The zero-order valence-electron chi connectivity index (χ0n) is 20.9. The van der Waals surface area contributed by atoms with Crippen LogP contribution in [0.15, 0.2) is 30.6 Å². The molecule has 1 aliphatic heterocycles. The van der Waals surface area contributed by atoms with Gasteiger partial charge < -0.3 is 19.7 Å². The molecule has 4 aliphatic rings. The molecule has 0 radical (unpaired) electrons. The van der Waals surface area contributed by atoms with Crippen molar-refractivity contribution >= 4 is 28.7 Å². The van der Waals surface area contributed by atoms with Gasteiger partial charge in [0.15, 0.2) is 0 Å². The van der Waals surface area contributed by atoms with Crippen molar-refractivity contribution in [2.45, 2.75) is 38.3 Å². The number of pyridine rings is 1. The molecule has 1 saturated heterocycles. The van der Waals surface area contributed by atoms with E-state index in [0.29, 0.717) is 11.6 Å². The zero-order valence-corrected chi connectivity index (χ0v) is 20.9. The summed E-state index contributed by atoms with van der Waals surface area (Å²) in [5.74, 6) is 2.03. The quantitative estimate of drug-likeness (QED) is 0.564. The minimum atomic E-state index is 0.00981. The molecule has 3 aromatic rings. The van der Waals surface area contributed by atoms with Gasteiger partial charge in [0.2, 0.25) is 5.95 Å². The van der Waals surface area contributed by atoms with E-state index < -0.39 is 0 Å². The van der Waals surface area contributed by atoms with E-state index in [4.69, 9.17) is 4.98 Å². The predicted octanol–water partition coefficient (Wildman–Crippen LogP) is 2.92. The summed E-state index contributed by atoms with van der Waals surface area (Å²) in [5.41, 5.74) is 2.79. The number of hydrogen-bond acceptors (Lipinski definition) is 7. The highest BCUT2D eigenvalue weighted by molar-refractivity contribution is 5.98. The number of nitrogens with one attached hydrogen (secondary N) is 1. The molecule has 0 unspecified atom stereocenters. The van der Waals surface area contributed by atoms with Gasteiger partial charge in [0, 0.05) is 70.1 Å². The van der Waals surface area contributed by atoms with Crippen molar-refractivity contribution in [3.63, 3.8) is 0 Å². The number of carbonyl (C=O) groups excluding carboxylic acids is 1. The maximum atomic E-state index is 12.9. The first-order valence-corrected chi connectivity index (χ1v) is 12.7. The lowest BCUT2D eigenvalue weighted by Gasteiger charge is -2.62. The van der Waals surface area contributed by atoms with Crippen molar-refractivity contribution in [2.75, 3.05) is 52.1 Å². The Morgan fingerprint density at radius 2 is 1.83 bits per heavy atom. The van der Waals surface area contributed by atoms with E-state index in [1.54, 1.807) is 19.0 Å². The molecule has 1 amide bonds. The number of fused-ring (bicyclic) bond motifs is 1. The Morgan fingerprint density at radius 1 is 1.09 bits per heavy atom. The molecule has 0 atom stereocenters. The monoisotopic (exact) mass is 474 g/mol. The third-order valence-corrected chi connectivity index (χ3v) is 8.03. The van der Waals surface area contributed by atoms with Crippen LogP contribution in [-0.2, 0) is 12.1 Å². The SMILES string of the molecule is CCN1CCN(Cc2ccc(Nc3ncc4cc(C(=O)N(C)C)n(C56CC(C5)C6)c4n3)nc2)CC1. The summed E-state index contributed by atoms with van der Waals surface area (Å²) in [6.07, 6.45) is 7.14. The van der Waals surface area contributed by atoms with Gasteiger partial charge in [-0.25, -0.2) is 9.97 Å². The summed E-state index contributed by atoms with van der Waals surface area (Å²) in [7, 11) is 3.59. The highest BCUT2D eigenvalue weighted by Crippen LogP contribution is 2.63. The van der Waals surface area contributed by atoms with Crippen LogP contribution in [0.3, 0.4) is 0 Å². The molecule has 4 heterocycles. The summed E-state index contributed by atoms with van der Waals surface area (Å²) in [5, 5.41) is 4.17. The molecule has 4 fully saturated rings. The van der Waals surface area contributed by atoms with Crippen LogP contribution in [0.4, 0.5) is 11.8 Å². The number of hydrogen-bond donors (Lipinski definition) is 1. The summed E-state index contributed by atoms with van der Waals surface area (Å²) < 4.78 is 2.19. The molecule has 0 aromatic carbocycles. The van der Waals surface area contributed by atoms with Crippen molar-refractivity contribution in [2.24, 2.45) is 5.92 Å². The van der Waals surface area contributed by atoms with E-state index in [-0.39, 0.29) is 11.4 Å². The Balaban J connectivity index is 1.20. The molecule has 184 valence electrons. The molecule has 1 N–H and O–H groups in total. The molecule has 3 saturated carbocycles. The maximum Gasteiger partial charge on any atom is 0.270 e. The number of carbonyl (C=O) groups is 1. The molecule has 3 aliphatic carbocycles. The molecule has 0 spiro atoms. The molecule has 7 rings (SSSR count). The predicted molar refractivity (Wildman–Crippen MR) is 136 cm³/mol. The molecular weight excluding hydrogens is 440 g/mol. The molecule has 9 nitrogen and oxygen atoms in total. The van der Waals surface area contributed by atoms with Gasteiger partial charge in [-0.2, -0.15) is 4.98 Å². The van der Waals surface area contributed by atoms with Crippen molar-refractivity contribution in [3.8, 4) is 0 Å². The van der Waals surface area contributed by atoms with Crippen molar-refractivity contribution in [3.05, 3.63) is 41.9 Å². The average Bonchev–Trinajstić information content (AvgIpc) is 3.17. The van der Waals surface area contributed by atoms with E-state index in [2.05, 4.69) is 42.6 Å². The van der Waals surface area contributed by atoms with Crippen LogP contribution >= 0.6 is 0 Å². The topological polar surface area (TPSA) is 82.4 Å². The lowest BCUT2D eigenvalue weighted by atomic mass is 9.49. The second-order valence-corrected chi connectivity index (χ2v) is 10.6. The number of piperazine rings is 1. The van der Waals surface area contributed by atoms with Gasteiger partial charge in [-0.3, -0.25) is 9.69 Å². The van der Waals surface area contributed by atoms with Crippen LogP contribution in [0.5, 0.6) is 0 Å². The van der Waals surface area contributed by atoms with Crippen molar-refractivity contribution in [1.29, 1.82) is 0 Å². The summed E-state index contributed by atoms with van der Waals surface area (Å²) >= 11 is 0. The van der Waals surface area contributed by atoms with Crippen LogP contribution in [0.1, 0.15) is 42.2 Å². The standard InChI is InChI=1S/C26H34N8O/c1-4-32-7-9-33(10-8-32)17-18-5-6-22(27-15-18)29-25-28-16-20-11-21(24(35)31(2)3)34(23(20)30-25)26-12-19(13-26)14-26/h5-6,11,15-16,19H,4,7-10,12-14,17H2,1-3H3,(H,27,28,29,30). The molecule has 35 heavy (non-hydrogen) atoms. The van der Waals surface area contributed by atoms with Crippen molar-refractivity contribution in [1.82, 2.24) is 34.2 Å². The summed E-state index contributed by atoms with van der Waals surface area (Å²) in [6.45, 7) is 8.74. The Kier molecular flexibility index (Phi) is 5.49. The van der Waals surface area contributed by atoms with E-state index in [0.717, 1.165) is 81.3 Å². The van der Waals surface area contributed by atoms with Crippen LogP contribution in [0.25, 0.3) is 11.0 Å². The Bertz CT molecular complexity index is 1230. The van der Waals surface area contributed by atoms with E-state index in [1.807, 2.05) is 24.5 Å².